The number of primary amides is 1. The van der Waals surface area contributed by atoms with Crippen LogP contribution >= 0.6 is 0 Å². The second-order valence-corrected chi connectivity index (χ2v) is 5.51. The molecule has 1 saturated carbocycles. The van der Waals surface area contributed by atoms with Gasteiger partial charge in [-0.3, -0.25) is 4.79 Å². The number of hydrogen-bond acceptors (Lipinski definition) is 3. The third kappa shape index (κ3) is 4.35. The topological polar surface area (TPSA) is 58.4 Å². The average Bonchev–Trinajstić information content (AvgIpc) is 2.27. The Morgan fingerprint density at radius 2 is 2.11 bits per heavy atom. The number of rotatable bonds is 5. The van der Waals surface area contributed by atoms with Gasteiger partial charge in [-0.25, -0.2) is 0 Å². The number of likely N-dealkylation sites (N-methyl/N-ethyl adjacent to an activating group) is 1. The molecule has 1 aliphatic rings. The lowest BCUT2D eigenvalue weighted by Crippen LogP contribution is -2.60. The minimum absolute atomic E-state index is 0.0773. The second-order valence-electron chi connectivity index (χ2n) is 5.51. The average molecular weight is 281 g/mol. The van der Waals surface area contributed by atoms with E-state index >= 15 is 0 Å². The van der Waals surface area contributed by atoms with Gasteiger partial charge < -0.3 is 16.0 Å². The number of carbonyl (C=O) groups excluding carboxylic acids is 1. The number of alkyl halides is 3. The van der Waals surface area contributed by atoms with Crippen molar-refractivity contribution in [2.24, 2.45) is 11.7 Å². The molecule has 112 valence electrons. The van der Waals surface area contributed by atoms with Crippen molar-refractivity contribution in [2.75, 3.05) is 27.2 Å². The quantitative estimate of drug-likeness (QED) is 0.794. The Bertz CT molecular complexity index is 320. The fraction of sp³-hybridized carbons (Fsp3) is 0.917. The van der Waals surface area contributed by atoms with Crippen molar-refractivity contribution < 1.29 is 18.0 Å². The third-order valence-corrected chi connectivity index (χ3v) is 3.71. The predicted molar refractivity (Wildman–Crippen MR) is 66.5 cm³/mol. The van der Waals surface area contributed by atoms with Crippen molar-refractivity contribution in [1.82, 2.24) is 10.2 Å². The molecule has 0 heterocycles. The van der Waals surface area contributed by atoms with Crippen LogP contribution in [0.25, 0.3) is 0 Å². The highest BCUT2D eigenvalue weighted by Gasteiger charge is 2.49. The molecule has 7 heteroatoms. The number of nitrogens with one attached hydrogen (secondary N) is 1. The number of nitrogens with zero attached hydrogens (tertiary/aromatic N) is 1. The maximum absolute atomic E-state index is 12.8. The van der Waals surface area contributed by atoms with E-state index in [9.17, 15) is 18.0 Å². The van der Waals surface area contributed by atoms with Gasteiger partial charge in [0.05, 0.1) is 11.5 Å². The third-order valence-electron chi connectivity index (χ3n) is 3.71. The van der Waals surface area contributed by atoms with E-state index in [0.29, 0.717) is 25.9 Å². The van der Waals surface area contributed by atoms with E-state index < -0.39 is 23.5 Å². The molecule has 1 rings (SSSR count). The molecule has 0 aromatic rings. The first-order chi connectivity index (χ1) is 8.67. The van der Waals surface area contributed by atoms with E-state index in [2.05, 4.69) is 5.32 Å². The van der Waals surface area contributed by atoms with Crippen LogP contribution in [0.1, 0.15) is 25.7 Å². The Kier molecular flexibility index (Phi) is 5.20. The van der Waals surface area contributed by atoms with Gasteiger partial charge in [0, 0.05) is 13.1 Å². The molecule has 2 unspecified atom stereocenters. The van der Waals surface area contributed by atoms with E-state index in [4.69, 9.17) is 5.73 Å². The number of carbonyl (C=O) groups is 1. The first kappa shape index (κ1) is 16.2. The highest BCUT2D eigenvalue weighted by atomic mass is 19.4. The van der Waals surface area contributed by atoms with Gasteiger partial charge in [-0.05, 0) is 33.4 Å². The molecule has 19 heavy (non-hydrogen) atoms. The minimum Gasteiger partial charge on any atom is -0.368 e. The first-order valence-corrected chi connectivity index (χ1v) is 6.44. The predicted octanol–water partition coefficient (Wildman–Crippen LogP) is 1.11. The van der Waals surface area contributed by atoms with E-state index in [1.54, 1.807) is 0 Å². The molecular weight excluding hydrogens is 259 g/mol. The Morgan fingerprint density at radius 1 is 1.47 bits per heavy atom. The normalized spacial score (nSPS) is 28.6. The molecule has 0 aromatic heterocycles. The van der Waals surface area contributed by atoms with Crippen LogP contribution in [-0.4, -0.2) is 49.7 Å². The molecule has 1 fully saturated rings. The SMILES string of the molecule is CN(C)CCNC1(C(N)=O)CCCC(C(F)(F)F)C1. The van der Waals surface area contributed by atoms with Gasteiger partial charge in [-0.1, -0.05) is 6.42 Å². The van der Waals surface area contributed by atoms with Crippen molar-refractivity contribution in [2.45, 2.75) is 37.4 Å². The molecule has 3 N–H and O–H groups in total. The molecule has 2 atom stereocenters. The smallest absolute Gasteiger partial charge is 0.368 e. The Hall–Kier alpha value is -0.820. The fourth-order valence-electron chi connectivity index (χ4n) is 2.54. The molecule has 1 amide bonds. The highest BCUT2D eigenvalue weighted by Crippen LogP contribution is 2.41. The summed E-state index contributed by atoms with van der Waals surface area (Å²) in [5.41, 5.74) is 4.13. The highest BCUT2D eigenvalue weighted by molar-refractivity contribution is 5.84. The molecule has 0 saturated heterocycles. The summed E-state index contributed by atoms with van der Waals surface area (Å²) in [5.74, 6) is -2.12. The number of amides is 1. The van der Waals surface area contributed by atoms with Crippen LogP contribution in [0.4, 0.5) is 13.2 Å². The molecule has 0 aliphatic heterocycles. The zero-order valence-electron chi connectivity index (χ0n) is 11.4. The summed E-state index contributed by atoms with van der Waals surface area (Å²) >= 11 is 0. The molecule has 0 radical (unpaired) electrons. The van der Waals surface area contributed by atoms with E-state index in [0.717, 1.165) is 0 Å². The van der Waals surface area contributed by atoms with Crippen molar-refractivity contribution in [3.05, 3.63) is 0 Å². The van der Waals surface area contributed by atoms with Gasteiger partial charge in [0.2, 0.25) is 5.91 Å². The summed E-state index contributed by atoms with van der Waals surface area (Å²) in [7, 11) is 3.72. The van der Waals surface area contributed by atoms with Crippen molar-refractivity contribution >= 4 is 5.91 Å². The zero-order valence-corrected chi connectivity index (χ0v) is 11.4. The maximum Gasteiger partial charge on any atom is 0.391 e. The Labute approximate surface area is 111 Å². The van der Waals surface area contributed by atoms with E-state index in [-0.39, 0.29) is 12.8 Å². The molecular formula is C12H22F3N3O. The summed E-state index contributed by atoms with van der Waals surface area (Å²) in [6.07, 6.45) is -3.69. The van der Waals surface area contributed by atoms with Crippen LogP contribution < -0.4 is 11.1 Å². The summed E-state index contributed by atoms with van der Waals surface area (Å²) in [6, 6.07) is 0. The summed E-state index contributed by atoms with van der Waals surface area (Å²) in [5, 5.41) is 2.95. The van der Waals surface area contributed by atoms with Gasteiger partial charge in [0.15, 0.2) is 0 Å². The van der Waals surface area contributed by atoms with Gasteiger partial charge >= 0.3 is 6.18 Å². The minimum atomic E-state index is -4.26. The fourth-order valence-corrected chi connectivity index (χ4v) is 2.54. The maximum atomic E-state index is 12.8. The molecule has 4 nitrogen and oxygen atoms in total. The van der Waals surface area contributed by atoms with Crippen LogP contribution in [0.2, 0.25) is 0 Å². The standard InChI is InChI=1S/C12H22F3N3O/c1-18(2)7-6-17-11(10(16)19)5-3-4-9(8-11)12(13,14)15/h9,17H,3-8H2,1-2H3,(H2,16,19). The number of halogens is 3. The summed E-state index contributed by atoms with van der Waals surface area (Å²) in [6.45, 7) is 1.09. The van der Waals surface area contributed by atoms with Crippen LogP contribution in [0.5, 0.6) is 0 Å². The first-order valence-electron chi connectivity index (χ1n) is 6.44. The van der Waals surface area contributed by atoms with E-state index in [1.807, 2.05) is 19.0 Å². The van der Waals surface area contributed by atoms with Crippen molar-refractivity contribution in [3.63, 3.8) is 0 Å². The molecule has 0 aromatic carbocycles. The molecule has 0 bridgehead atoms. The lowest BCUT2D eigenvalue weighted by molar-refractivity contribution is -0.188. The van der Waals surface area contributed by atoms with Gasteiger partial charge in [-0.15, -0.1) is 0 Å². The Morgan fingerprint density at radius 3 is 2.58 bits per heavy atom. The Balaban J connectivity index is 2.73. The van der Waals surface area contributed by atoms with Crippen molar-refractivity contribution in [1.29, 1.82) is 0 Å². The summed E-state index contributed by atoms with van der Waals surface area (Å²) < 4.78 is 38.4. The van der Waals surface area contributed by atoms with Gasteiger partial charge in [0.25, 0.3) is 0 Å². The van der Waals surface area contributed by atoms with Crippen LogP contribution in [0.15, 0.2) is 0 Å². The zero-order chi connectivity index (χ0) is 14.7. The van der Waals surface area contributed by atoms with Gasteiger partial charge in [-0.2, -0.15) is 13.2 Å². The van der Waals surface area contributed by atoms with Crippen LogP contribution in [-0.2, 0) is 4.79 Å². The summed E-state index contributed by atoms with van der Waals surface area (Å²) in [4.78, 5) is 13.5. The van der Waals surface area contributed by atoms with Gasteiger partial charge in [0.1, 0.15) is 0 Å². The number of hydrogen-bond donors (Lipinski definition) is 2. The van der Waals surface area contributed by atoms with Crippen LogP contribution in [0, 0.1) is 5.92 Å². The molecule has 1 aliphatic carbocycles. The monoisotopic (exact) mass is 281 g/mol. The van der Waals surface area contributed by atoms with Crippen molar-refractivity contribution in [3.8, 4) is 0 Å². The second kappa shape index (κ2) is 6.09. The van der Waals surface area contributed by atoms with E-state index in [1.165, 1.54) is 0 Å². The van der Waals surface area contributed by atoms with Crippen LogP contribution in [0.3, 0.4) is 0 Å². The largest absolute Gasteiger partial charge is 0.391 e. The lowest BCUT2D eigenvalue weighted by Gasteiger charge is -2.40. The molecule has 0 spiro atoms. The lowest BCUT2D eigenvalue weighted by atomic mass is 9.74. The number of nitrogens with two attached hydrogens (primary N) is 1.